The number of fused-ring (bicyclic) bond motifs is 1. The molecular formula is C18H15N7O. The summed E-state index contributed by atoms with van der Waals surface area (Å²) in [5.74, 6) is 0.260. The standard InChI is InChI=1S/C18H15N7O/c19-16-18(23-13-5-6-14-12(7-13)8-22-25-14)24-15(9-21-16)10-1-3-11(4-2-10)17(20)26/h1-9H,(H2,19,21)(H2,20,26)(H,22,25)(H,23,24). The third-order valence-electron chi connectivity index (χ3n) is 3.97. The van der Waals surface area contributed by atoms with Crippen LogP contribution >= 0.6 is 0 Å². The number of H-pyrrole nitrogens is 1. The van der Waals surface area contributed by atoms with Gasteiger partial charge in [0.15, 0.2) is 11.6 Å². The first-order valence-corrected chi connectivity index (χ1v) is 7.83. The topological polar surface area (TPSA) is 136 Å². The average molecular weight is 345 g/mol. The summed E-state index contributed by atoms with van der Waals surface area (Å²) in [4.78, 5) is 19.9. The van der Waals surface area contributed by atoms with Crippen LogP contribution in [0, 0.1) is 0 Å². The molecule has 0 fully saturated rings. The van der Waals surface area contributed by atoms with Gasteiger partial charge in [-0.25, -0.2) is 9.97 Å². The van der Waals surface area contributed by atoms with Crippen molar-refractivity contribution in [1.82, 2.24) is 20.2 Å². The van der Waals surface area contributed by atoms with Crippen molar-refractivity contribution >= 4 is 34.1 Å². The van der Waals surface area contributed by atoms with E-state index in [2.05, 4.69) is 25.5 Å². The number of hydrogen-bond acceptors (Lipinski definition) is 6. The number of carbonyl (C=O) groups is 1. The summed E-state index contributed by atoms with van der Waals surface area (Å²) in [6.45, 7) is 0. The van der Waals surface area contributed by atoms with Gasteiger partial charge in [-0.15, -0.1) is 0 Å². The Morgan fingerprint density at radius 1 is 1.08 bits per heavy atom. The minimum absolute atomic E-state index is 0.287. The van der Waals surface area contributed by atoms with Gasteiger partial charge in [0.05, 0.1) is 23.6 Å². The van der Waals surface area contributed by atoms with Gasteiger partial charge in [-0.3, -0.25) is 9.89 Å². The first-order valence-electron chi connectivity index (χ1n) is 7.83. The predicted molar refractivity (Wildman–Crippen MR) is 99.8 cm³/mol. The van der Waals surface area contributed by atoms with Crippen molar-refractivity contribution in [2.24, 2.45) is 5.73 Å². The van der Waals surface area contributed by atoms with Crippen LogP contribution in [0.3, 0.4) is 0 Å². The first kappa shape index (κ1) is 15.6. The quantitative estimate of drug-likeness (QED) is 0.448. The van der Waals surface area contributed by atoms with E-state index >= 15 is 0 Å². The van der Waals surface area contributed by atoms with Gasteiger partial charge in [0.25, 0.3) is 0 Å². The molecule has 2 aromatic carbocycles. The van der Waals surface area contributed by atoms with Crippen LogP contribution in [0.25, 0.3) is 22.2 Å². The highest BCUT2D eigenvalue weighted by atomic mass is 16.1. The second kappa shape index (κ2) is 6.17. The highest BCUT2D eigenvalue weighted by molar-refractivity contribution is 5.93. The number of aromatic amines is 1. The van der Waals surface area contributed by atoms with E-state index in [1.165, 1.54) is 0 Å². The van der Waals surface area contributed by atoms with Gasteiger partial charge in [-0.2, -0.15) is 5.10 Å². The lowest BCUT2D eigenvalue weighted by Crippen LogP contribution is -2.10. The number of primary amides is 1. The van der Waals surface area contributed by atoms with Crippen LogP contribution < -0.4 is 16.8 Å². The minimum Gasteiger partial charge on any atom is -0.381 e. The lowest BCUT2D eigenvalue weighted by atomic mass is 10.1. The van der Waals surface area contributed by atoms with Crippen molar-refractivity contribution in [3.63, 3.8) is 0 Å². The van der Waals surface area contributed by atoms with Crippen LogP contribution in [0.2, 0.25) is 0 Å². The fraction of sp³-hybridized carbons (Fsp3) is 0. The Morgan fingerprint density at radius 2 is 1.88 bits per heavy atom. The van der Waals surface area contributed by atoms with Gasteiger partial charge in [0.2, 0.25) is 5.91 Å². The van der Waals surface area contributed by atoms with E-state index in [4.69, 9.17) is 11.5 Å². The average Bonchev–Trinajstić information content (AvgIpc) is 3.11. The molecule has 0 atom stereocenters. The van der Waals surface area contributed by atoms with E-state index < -0.39 is 5.91 Å². The Bertz CT molecular complexity index is 1100. The summed E-state index contributed by atoms with van der Waals surface area (Å²) in [5.41, 5.74) is 14.8. The second-order valence-corrected chi connectivity index (χ2v) is 5.73. The number of nitrogens with two attached hydrogens (primary N) is 2. The van der Waals surface area contributed by atoms with Crippen molar-refractivity contribution in [2.45, 2.75) is 0 Å². The largest absolute Gasteiger partial charge is 0.381 e. The van der Waals surface area contributed by atoms with E-state index in [0.717, 1.165) is 22.2 Å². The number of nitrogens with zero attached hydrogens (tertiary/aromatic N) is 3. The molecule has 0 bridgehead atoms. The normalized spacial score (nSPS) is 10.8. The highest BCUT2D eigenvalue weighted by Gasteiger charge is 2.09. The molecule has 0 saturated heterocycles. The molecule has 0 aliphatic heterocycles. The molecule has 0 aliphatic rings. The maximum atomic E-state index is 11.2. The van der Waals surface area contributed by atoms with E-state index in [9.17, 15) is 4.79 Å². The molecule has 0 saturated carbocycles. The summed E-state index contributed by atoms with van der Waals surface area (Å²) in [6.07, 6.45) is 3.32. The zero-order chi connectivity index (χ0) is 18.1. The van der Waals surface area contributed by atoms with Crippen LogP contribution in [-0.4, -0.2) is 26.1 Å². The zero-order valence-corrected chi connectivity index (χ0v) is 13.6. The van der Waals surface area contributed by atoms with Crippen molar-refractivity contribution in [2.75, 3.05) is 11.1 Å². The number of aromatic nitrogens is 4. The molecular weight excluding hydrogens is 330 g/mol. The van der Waals surface area contributed by atoms with Gasteiger partial charge in [0, 0.05) is 22.2 Å². The fourth-order valence-electron chi connectivity index (χ4n) is 2.59. The van der Waals surface area contributed by atoms with Crippen LogP contribution in [-0.2, 0) is 0 Å². The number of rotatable bonds is 4. The van der Waals surface area contributed by atoms with E-state index in [0.29, 0.717) is 17.1 Å². The smallest absolute Gasteiger partial charge is 0.248 e. The number of benzene rings is 2. The number of amides is 1. The summed E-state index contributed by atoms with van der Waals surface area (Å²) < 4.78 is 0. The predicted octanol–water partition coefficient (Wildman–Crippen LogP) is 2.44. The van der Waals surface area contributed by atoms with Crippen LogP contribution in [0.15, 0.2) is 54.9 Å². The van der Waals surface area contributed by atoms with Crippen LogP contribution in [0.1, 0.15) is 10.4 Å². The Labute approximate surface area is 148 Å². The zero-order valence-electron chi connectivity index (χ0n) is 13.6. The molecule has 4 aromatic rings. The molecule has 2 aromatic heterocycles. The van der Waals surface area contributed by atoms with E-state index in [1.807, 2.05) is 18.2 Å². The molecule has 0 spiro atoms. The highest BCUT2D eigenvalue weighted by Crippen LogP contribution is 2.25. The van der Waals surface area contributed by atoms with E-state index in [1.54, 1.807) is 36.7 Å². The Hall–Kier alpha value is -3.94. The molecule has 4 rings (SSSR count). The number of carbonyl (C=O) groups excluding carboxylic acids is 1. The second-order valence-electron chi connectivity index (χ2n) is 5.73. The van der Waals surface area contributed by atoms with Crippen molar-refractivity contribution in [3.05, 3.63) is 60.4 Å². The summed E-state index contributed by atoms with van der Waals surface area (Å²) >= 11 is 0. The molecule has 0 radical (unpaired) electrons. The fourth-order valence-corrected chi connectivity index (χ4v) is 2.59. The lowest BCUT2D eigenvalue weighted by molar-refractivity contribution is 0.100. The maximum absolute atomic E-state index is 11.2. The SMILES string of the molecule is NC(=O)c1ccc(-c2cnc(N)c(Nc3ccc4[nH]ncc4c3)n2)cc1. The first-order chi connectivity index (χ1) is 12.6. The summed E-state index contributed by atoms with van der Waals surface area (Å²) in [6, 6.07) is 12.6. The molecule has 0 aliphatic carbocycles. The van der Waals surface area contributed by atoms with Gasteiger partial charge >= 0.3 is 0 Å². The monoisotopic (exact) mass is 345 g/mol. The molecule has 8 heteroatoms. The molecule has 6 N–H and O–H groups in total. The maximum Gasteiger partial charge on any atom is 0.248 e. The van der Waals surface area contributed by atoms with Crippen molar-refractivity contribution < 1.29 is 4.79 Å². The molecule has 26 heavy (non-hydrogen) atoms. The van der Waals surface area contributed by atoms with Crippen molar-refractivity contribution in [3.8, 4) is 11.3 Å². The van der Waals surface area contributed by atoms with E-state index in [-0.39, 0.29) is 5.82 Å². The Morgan fingerprint density at radius 3 is 2.65 bits per heavy atom. The molecule has 8 nitrogen and oxygen atoms in total. The number of anilines is 3. The Kier molecular flexibility index (Phi) is 3.70. The van der Waals surface area contributed by atoms with Crippen LogP contribution in [0.5, 0.6) is 0 Å². The minimum atomic E-state index is -0.475. The van der Waals surface area contributed by atoms with Gasteiger partial charge in [-0.05, 0) is 30.3 Å². The van der Waals surface area contributed by atoms with Crippen molar-refractivity contribution in [1.29, 1.82) is 0 Å². The van der Waals surface area contributed by atoms with Gasteiger partial charge in [0.1, 0.15) is 0 Å². The summed E-state index contributed by atoms with van der Waals surface area (Å²) in [7, 11) is 0. The molecule has 0 unspecified atom stereocenters. The summed E-state index contributed by atoms with van der Waals surface area (Å²) in [5, 5.41) is 11.1. The van der Waals surface area contributed by atoms with Crippen LogP contribution in [0.4, 0.5) is 17.3 Å². The van der Waals surface area contributed by atoms with Gasteiger partial charge < -0.3 is 16.8 Å². The Balaban J connectivity index is 1.66. The number of nitrogen functional groups attached to an aromatic ring is 1. The lowest BCUT2D eigenvalue weighted by Gasteiger charge is -2.10. The molecule has 1 amide bonds. The third-order valence-corrected chi connectivity index (χ3v) is 3.97. The third kappa shape index (κ3) is 2.91. The number of nitrogens with one attached hydrogen (secondary N) is 2. The molecule has 2 heterocycles. The van der Waals surface area contributed by atoms with Gasteiger partial charge in [-0.1, -0.05) is 12.1 Å². The number of hydrogen-bond donors (Lipinski definition) is 4. The molecule has 128 valence electrons.